The van der Waals surface area contributed by atoms with E-state index >= 15 is 0 Å². The molecule has 1 atom stereocenters. The summed E-state index contributed by atoms with van der Waals surface area (Å²) in [7, 11) is 0. The number of rotatable bonds is 7. The van der Waals surface area contributed by atoms with Gasteiger partial charge in [0.1, 0.15) is 11.6 Å². The fraction of sp³-hybridized carbons (Fsp3) is 0.538. The molecule has 3 N–H and O–H groups in total. The third-order valence-corrected chi connectivity index (χ3v) is 4.00. The van der Waals surface area contributed by atoms with Gasteiger partial charge in [-0.2, -0.15) is 11.8 Å². The second kappa shape index (κ2) is 7.07. The van der Waals surface area contributed by atoms with Gasteiger partial charge in [-0.05, 0) is 35.6 Å². The monoisotopic (exact) mass is 275 g/mol. The fourth-order valence-corrected chi connectivity index (χ4v) is 2.69. The van der Waals surface area contributed by atoms with Crippen molar-refractivity contribution in [3.8, 4) is 0 Å². The number of aliphatic hydroxyl groups is 1. The molecule has 0 saturated carbocycles. The first-order valence-corrected chi connectivity index (χ1v) is 7.08. The lowest BCUT2D eigenvalue weighted by Crippen LogP contribution is -2.39. The maximum atomic E-state index is 13.3. The number of halogens is 2. The van der Waals surface area contributed by atoms with Crippen molar-refractivity contribution in [3.63, 3.8) is 0 Å². The largest absolute Gasteiger partial charge is 0.395 e. The van der Waals surface area contributed by atoms with E-state index in [4.69, 9.17) is 5.73 Å². The number of hydrogen-bond donors (Lipinski definition) is 2. The van der Waals surface area contributed by atoms with Crippen molar-refractivity contribution < 1.29 is 13.9 Å². The van der Waals surface area contributed by atoms with Crippen LogP contribution in [0.5, 0.6) is 0 Å². The number of aliphatic hydroxyl groups excluding tert-OH is 1. The van der Waals surface area contributed by atoms with Gasteiger partial charge < -0.3 is 10.8 Å². The van der Waals surface area contributed by atoms with Crippen LogP contribution >= 0.6 is 11.8 Å². The molecule has 2 nitrogen and oxygen atoms in total. The minimum atomic E-state index is -0.759. The van der Waals surface area contributed by atoms with Crippen molar-refractivity contribution in [2.45, 2.75) is 18.8 Å². The summed E-state index contributed by atoms with van der Waals surface area (Å²) in [6.45, 7) is 1.99. The molecular weight excluding hydrogens is 256 g/mol. The summed E-state index contributed by atoms with van der Waals surface area (Å²) < 4.78 is 26.5. The van der Waals surface area contributed by atoms with Crippen molar-refractivity contribution in [2.75, 3.05) is 24.7 Å². The highest BCUT2D eigenvalue weighted by molar-refractivity contribution is 7.99. The average molecular weight is 275 g/mol. The van der Waals surface area contributed by atoms with Crippen molar-refractivity contribution in [3.05, 3.63) is 35.4 Å². The van der Waals surface area contributed by atoms with Crippen LogP contribution in [-0.4, -0.2) is 29.8 Å². The maximum Gasteiger partial charge on any atom is 0.126 e. The van der Waals surface area contributed by atoms with Gasteiger partial charge in [-0.15, -0.1) is 0 Å². The molecular formula is C13H19F2NOS. The standard InChI is InChI=1S/C13H19F2NOS/c1-2-18-4-3-13(8-16,9-17)10-5-11(14)7-12(15)6-10/h5-7,17H,2-4,8-9,16H2,1H3. The Morgan fingerprint density at radius 3 is 2.33 bits per heavy atom. The van der Waals surface area contributed by atoms with Gasteiger partial charge in [-0.1, -0.05) is 6.92 Å². The lowest BCUT2D eigenvalue weighted by Gasteiger charge is -2.31. The lowest BCUT2D eigenvalue weighted by molar-refractivity contribution is 0.193. The highest BCUT2D eigenvalue weighted by atomic mass is 32.2. The van der Waals surface area contributed by atoms with Crippen LogP contribution in [0.25, 0.3) is 0 Å². The van der Waals surface area contributed by atoms with E-state index in [1.54, 1.807) is 11.8 Å². The summed E-state index contributed by atoms with van der Waals surface area (Å²) in [4.78, 5) is 0. The van der Waals surface area contributed by atoms with Crippen LogP contribution in [0.4, 0.5) is 8.78 Å². The van der Waals surface area contributed by atoms with Crippen LogP contribution in [0.1, 0.15) is 18.9 Å². The Morgan fingerprint density at radius 1 is 1.28 bits per heavy atom. The van der Waals surface area contributed by atoms with Crippen molar-refractivity contribution in [1.29, 1.82) is 0 Å². The zero-order chi connectivity index (χ0) is 13.6. The predicted molar refractivity (Wildman–Crippen MR) is 71.8 cm³/mol. The molecule has 1 rings (SSSR count). The van der Waals surface area contributed by atoms with E-state index in [1.165, 1.54) is 12.1 Å². The van der Waals surface area contributed by atoms with Gasteiger partial charge in [0.25, 0.3) is 0 Å². The Bertz CT molecular complexity index is 363. The van der Waals surface area contributed by atoms with Crippen molar-refractivity contribution >= 4 is 11.8 Å². The SMILES string of the molecule is CCSCCC(CN)(CO)c1cc(F)cc(F)c1. The zero-order valence-electron chi connectivity index (χ0n) is 10.5. The summed E-state index contributed by atoms with van der Waals surface area (Å²) in [5.41, 5.74) is 5.39. The van der Waals surface area contributed by atoms with Gasteiger partial charge in [-0.3, -0.25) is 0 Å². The first-order valence-electron chi connectivity index (χ1n) is 5.93. The average Bonchev–Trinajstić information content (AvgIpc) is 2.34. The Labute approximate surface area is 111 Å². The highest BCUT2D eigenvalue weighted by Crippen LogP contribution is 2.29. The van der Waals surface area contributed by atoms with E-state index in [2.05, 4.69) is 0 Å². The Kier molecular flexibility index (Phi) is 6.05. The van der Waals surface area contributed by atoms with Crippen LogP contribution in [0.3, 0.4) is 0 Å². The molecule has 0 aliphatic rings. The third-order valence-electron chi connectivity index (χ3n) is 3.10. The zero-order valence-corrected chi connectivity index (χ0v) is 11.3. The van der Waals surface area contributed by atoms with Crippen LogP contribution < -0.4 is 5.73 Å². The van der Waals surface area contributed by atoms with Gasteiger partial charge >= 0.3 is 0 Å². The normalized spacial score (nSPS) is 14.5. The molecule has 0 fully saturated rings. The topological polar surface area (TPSA) is 46.2 Å². The summed E-state index contributed by atoms with van der Waals surface area (Å²) in [5.74, 6) is 0.481. The molecule has 0 aliphatic heterocycles. The van der Waals surface area contributed by atoms with E-state index in [-0.39, 0.29) is 13.2 Å². The number of thioether (sulfide) groups is 1. The first kappa shape index (κ1) is 15.4. The fourth-order valence-electron chi connectivity index (χ4n) is 1.87. The molecule has 18 heavy (non-hydrogen) atoms. The molecule has 1 aromatic carbocycles. The first-order chi connectivity index (χ1) is 8.57. The Hall–Kier alpha value is -0.650. The smallest absolute Gasteiger partial charge is 0.126 e. The molecule has 0 aliphatic carbocycles. The van der Waals surface area contributed by atoms with Gasteiger partial charge in [-0.25, -0.2) is 8.78 Å². The molecule has 0 heterocycles. The van der Waals surface area contributed by atoms with E-state index in [9.17, 15) is 13.9 Å². The molecule has 0 amide bonds. The van der Waals surface area contributed by atoms with E-state index in [0.717, 1.165) is 17.6 Å². The molecule has 0 radical (unpaired) electrons. The van der Waals surface area contributed by atoms with Crippen molar-refractivity contribution in [2.24, 2.45) is 5.73 Å². The number of nitrogens with two attached hydrogens (primary N) is 1. The van der Waals surface area contributed by atoms with Gasteiger partial charge in [0.05, 0.1) is 6.61 Å². The third kappa shape index (κ3) is 3.67. The summed E-state index contributed by atoms with van der Waals surface area (Å²) in [6, 6.07) is 3.33. The predicted octanol–water partition coefficient (Wildman–Crippen LogP) is 2.30. The second-order valence-corrected chi connectivity index (χ2v) is 5.64. The minimum Gasteiger partial charge on any atom is -0.395 e. The molecule has 0 bridgehead atoms. The minimum absolute atomic E-state index is 0.163. The number of hydrogen-bond acceptors (Lipinski definition) is 3. The molecule has 0 aromatic heterocycles. The van der Waals surface area contributed by atoms with Gasteiger partial charge in [0, 0.05) is 18.0 Å². The molecule has 5 heteroatoms. The van der Waals surface area contributed by atoms with Crippen LogP contribution in [-0.2, 0) is 5.41 Å². The second-order valence-electron chi connectivity index (χ2n) is 4.25. The van der Waals surface area contributed by atoms with Gasteiger partial charge in [0.15, 0.2) is 0 Å². The van der Waals surface area contributed by atoms with E-state index in [0.29, 0.717) is 12.0 Å². The Balaban J connectivity index is 3.01. The van der Waals surface area contributed by atoms with Gasteiger partial charge in [0.2, 0.25) is 0 Å². The summed E-state index contributed by atoms with van der Waals surface area (Å²) >= 11 is 1.71. The van der Waals surface area contributed by atoms with Crippen LogP contribution in [0.2, 0.25) is 0 Å². The molecule has 0 spiro atoms. The van der Waals surface area contributed by atoms with Crippen LogP contribution in [0.15, 0.2) is 18.2 Å². The molecule has 1 unspecified atom stereocenters. The quantitative estimate of drug-likeness (QED) is 0.751. The molecule has 1 aromatic rings. The summed E-state index contributed by atoms with van der Waals surface area (Å²) in [5, 5.41) is 9.58. The number of benzene rings is 1. The van der Waals surface area contributed by atoms with E-state index in [1.807, 2.05) is 6.92 Å². The van der Waals surface area contributed by atoms with Crippen LogP contribution in [0, 0.1) is 11.6 Å². The van der Waals surface area contributed by atoms with E-state index < -0.39 is 17.0 Å². The molecule has 0 saturated heterocycles. The maximum absolute atomic E-state index is 13.3. The Morgan fingerprint density at radius 2 is 1.89 bits per heavy atom. The van der Waals surface area contributed by atoms with Crippen molar-refractivity contribution in [1.82, 2.24) is 0 Å². The molecule has 102 valence electrons. The summed E-state index contributed by atoms with van der Waals surface area (Å²) in [6.07, 6.45) is 0.599. The lowest BCUT2D eigenvalue weighted by atomic mass is 9.79. The highest BCUT2D eigenvalue weighted by Gasteiger charge is 2.30.